The zero-order valence-electron chi connectivity index (χ0n) is 11.7. The molecule has 0 spiro atoms. The normalized spacial score (nSPS) is 14.1. The molecule has 0 saturated carbocycles. The van der Waals surface area contributed by atoms with Gasteiger partial charge in [-0.1, -0.05) is 17.7 Å². The Balaban J connectivity index is 1.99. The van der Waals surface area contributed by atoms with Crippen LogP contribution in [0.2, 0.25) is 0 Å². The van der Waals surface area contributed by atoms with E-state index in [2.05, 4.69) is 10.3 Å². The minimum atomic E-state index is -0.124. The third-order valence-corrected chi connectivity index (χ3v) is 3.47. The van der Waals surface area contributed by atoms with E-state index in [1.807, 2.05) is 19.1 Å². The molecule has 2 heterocycles. The Morgan fingerprint density at radius 2 is 2.00 bits per heavy atom. The lowest BCUT2D eigenvalue weighted by molar-refractivity contribution is -0.115. The molecule has 0 fully saturated rings. The van der Waals surface area contributed by atoms with Gasteiger partial charge in [0.2, 0.25) is 5.91 Å². The molecule has 0 unspecified atom stereocenters. The smallest absolute Gasteiger partial charge is 0.258 e. The second-order valence-electron chi connectivity index (χ2n) is 5.01. The maximum absolute atomic E-state index is 12.7. The van der Waals surface area contributed by atoms with Gasteiger partial charge in [0, 0.05) is 24.7 Å². The average Bonchev–Trinajstić information content (AvgIpc) is 2.65. The lowest BCUT2D eigenvalue weighted by Gasteiger charge is -2.21. The minimum absolute atomic E-state index is 0.0957. The Morgan fingerprint density at radius 1 is 1.24 bits per heavy atom. The zero-order chi connectivity index (χ0) is 14.8. The van der Waals surface area contributed by atoms with Crippen LogP contribution >= 0.6 is 0 Å². The number of hydrogen-bond donors (Lipinski definition) is 1. The van der Waals surface area contributed by atoms with Crippen LogP contribution < -0.4 is 10.2 Å². The first-order valence-electron chi connectivity index (χ1n) is 6.77. The van der Waals surface area contributed by atoms with Gasteiger partial charge in [-0.05, 0) is 25.1 Å². The van der Waals surface area contributed by atoms with Crippen molar-refractivity contribution in [2.75, 3.05) is 16.8 Å². The third-order valence-electron chi connectivity index (χ3n) is 3.47. The van der Waals surface area contributed by atoms with Crippen molar-refractivity contribution in [3.05, 3.63) is 53.9 Å². The molecule has 1 aromatic carbocycles. The highest BCUT2D eigenvalue weighted by Gasteiger charge is 2.24. The minimum Gasteiger partial charge on any atom is -0.324 e. The van der Waals surface area contributed by atoms with Crippen molar-refractivity contribution in [1.82, 2.24) is 4.98 Å². The lowest BCUT2D eigenvalue weighted by Crippen LogP contribution is -2.32. The number of amides is 2. The molecule has 5 nitrogen and oxygen atoms in total. The van der Waals surface area contributed by atoms with E-state index in [9.17, 15) is 9.59 Å². The van der Waals surface area contributed by atoms with Crippen LogP contribution in [0.4, 0.5) is 11.4 Å². The predicted molar refractivity (Wildman–Crippen MR) is 80.3 cm³/mol. The summed E-state index contributed by atoms with van der Waals surface area (Å²) in [6.07, 6.45) is 3.47. The van der Waals surface area contributed by atoms with Crippen LogP contribution in [-0.2, 0) is 4.79 Å². The highest BCUT2D eigenvalue weighted by Crippen LogP contribution is 2.28. The van der Waals surface area contributed by atoms with Crippen LogP contribution in [0.1, 0.15) is 22.3 Å². The second-order valence-corrected chi connectivity index (χ2v) is 5.01. The number of nitrogens with zero attached hydrogens (tertiary/aromatic N) is 2. The van der Waals surface area contributed by atoms with E-state index < -0.39 is 0 Å². The van der Waals surface area contributed by atoms with Crippen LogP contribution in [0, 0.1) is 6.92 Å². The zero-order valence-corrected chi connectivity index (χ0v) is 11.7. The number of pyridine rings is 1. The number of anilines is 2. The second kappa shape index (κ2) is 5.36. The van der Waals surface area contributed by atoms with Crippen LogP contribution in [0.3, 0.4) is 0 Å². The van der Waals surface area contributed by atoms with Gasteiger partial charge in [-0.3, -0.25) is 14.6 Å². The monoisotopic (exact) mass is 281 g/mol. The maximum atomic E-state index is 12.7. The van der Waals surface area contributed by atoms with Crippen molar-refractivity contribution in [3.8, 4) is 0 Å². The Morgan fingerprint density at radius 3 is 2.76 bits per heavy atom. The third kappa shape index (κ3) is 2.63. The summed E-state index contributed by atoms with van der Waals surface area (Å²) < 4.78 is 0. The van der Waals surface area contributed by atoms with Gasteiger partial charge in [-0.2, -0.15) is 0 Å². The number of nitrogens with one attached hydrogen (secondary N) is 1. The van der Waals surface area contributed by atoms with Gasteiger partial charge in [0.1, 0.15) is 0 Å². The molecule has 2 amide bonds. The van der Waals surface area contributed by atoms with Gasteiger partial charge < -0.3 is 10.2 Å². The van der Waals surface area contributed by atoms with Crippen LogP contribution in [-0.4, -0.2) is 23.3 Å². The van der Waals surface area contributed by atoms with E-state index >= 15 is 0 Å². The van der Waals surface area contributed by atoms with Crippen molar-refractivity contribution in [2.45, 2.75) is 13.3 Å². The van der Waals surface area contributed by atoms with E-state index in [4.69, 9.17) is 0 Å². The Hall–Kier alpha value is -2.69. The van der Waals surface area contributed by atoms with Crippen molar-refractivity contribution in [1.29, 1.82) is 0 Å². The summed E-state index contributed by atoms with van der Waals surface area (Å²) in [6.45, 7) is 2.32. The number of aryl methyl sites for hydroxylation is 1. The van der Waals surface area contributed by atoms with Crippen LogP contribution in [0.15, 0.2) is 42.7 Å². The van der Waals surface area contributed by atoms with Crippen molar-refractivity contribution < 1.29 is 9.59 Å². The van der Waals surface area contributed by atoms with Gasteiger partial charge in [-0.25, -0.2) is 0 Å². The first-order chi connectivity index (χ1) is 10.1. The Labute approximate surface area is 122 Å². The van der Waals surface area contributed by atoms with Gasteiger partial charge in [0.15, 0.2) is 0 Å². The Bertz CT molecular complexity index is 695. The number of aromatic nitrogens is 1. The van der Waals surface area contributed by atoms with Crippen LogP contribution in [0.25, 0.3) is 0 Å². The topological polar surface area (TPSA) is 62.3 Å². The highest BCUT2D eigenvalue weighted by atomic mass is 16.2. The molecule has 0 radical (unpaired) electrons. The quantitative estimate of drug-likeness (QED) is 0.873. The van der Waals surface area contributed by atoms with E-state index in [-0.39, 0.29) is 18.2 Å². The molecule has 0 aliphatic carbocycles. The van der Waals surface area contributed by atoms with Crippen molar-refractivity contribution in [3.63, 3.8) is 0 Å². The fourth-order valence-electron chi connectivity index (χ4n) is 2.32. The summed E-state index contributed by atoms with van der Waals surface area (Å²) in [5, 5.41) is 2.79. The van der Waals surface area contributed by atoms with Gasteiger partial charge in [0.05, 0.1) is 17.6 Å². The SMILES string of the molecule is Cc1ccc(C(=O)N2CCC(=O)Nc3ccncc32)cc1. The number of carbonyl (C=O) groups excluding carboxylic acids is 2. The molecule has 1 aliphatic rings. The molecule has 21 heavy (non-hydrogen) atoms. The Kier molecular flexibility index (Phi) is 3.39. The van der Waals surface area contributed by atoms with Gasteiger partial charge in [0.25, 0.3) is 5.91 Å². The van der Waals surface area contributed by atoms with E-state index in [0.717, 1.165) is 5.56 Å². The number of hydrogen-bond acceptors (Lipinski definition) is 3. The van der Waals surface area contributed by atoms with E-state index in [1.54, 1.807) is 35.5 Å². The van der Waals surface area contributed by atoms with Crippen molar-refractivity contribution in [2.24, 2.45) is 0 Å². The predicted octanol–water partition coefficient (Wildman–Crippen LogP) is 2.38. The number of fused-ring (bicyclic) bond motifs is 1. The molecule has 2 aromatic rings. The summed E-state index contributed by atoms with van der Waals surface area (Å²) in [7, 11) is 0. The molecule has 0 bridgehead atoms. The highest BCUT2D eigenvalue weighted by molar-refractivity contribution is 6.10. The molecule has 0 saturated heterocycles. The largest absolute Gasteiger partial charge is 0.324 e. The van der Waals surface area contributed by atoms with Crippen LogP contribution in [0.5, 0.6) is 0 Å². The molecule has 0 atom stereocenters. The van der Waals surface area contributed by atoms with Gasteiger partial charge >= 0.3 is 0 Å². The summed E-state index contributed by atoms with van der Waals surface area (Å²) in [5.41, 5.74) is 2.95. The molecular weight excluding hydrogens is 266 g/mol. The molecule has 3 rings (SSSR count). The fourth-order valence-corrected chi connectivity index (χ4v) is 2.32. The summed E-state index contributed by atoms with van der Waals surface area (Å²) in [6, 6.07) is 9.10. The maximum Gasteiger partial charge on any atom is 0.258 e. The number of carbonyl (C=O) groups is 2. The molecule has 106 valence electrons. The fraction of sp³-hybridized carbons (Fsp3) is 0.188. The van der Waals surface area contributed by atoms with E-state index in [0.29, 0.717) is 23.5 Å². The lowest BCUT2D eigenvalue weighted by atomic mass is 10.1. The summed E-state index contributed by atoms with van der Waals surface area (Å²) >= 11 is 0. The first-order valence-corrected chi connectivity index (χ1v) is 6.77. The number of benzene rings is 1. The standard InChI is InChI=1S/C16H15N3O2/c1-11-2-4-12(5-3-11)16(21)19-9-7-15(20)18-13-6-8-17-10-14(13)19/h2-6,8,10H,7,9H2,1H3,(H,18,20). The summed E-state index contributed by atoms with van der Waals surface area (Å²) in [4.78, 5) is 30.1. The molecule has 1 aromatic heterocycles. The molecule has 1 N–H and O–H groups in total. The average molecular weight is 281 g/mol. The molecule has 5 heteroatoms. The molecular formula is C16H15N3O2. The molecule has 1 aliphatic heterocycles. The first kappa shape index (κ1) is 13.3. The summed E-state index contributed by atoms with van der Waals surface area (Å²) in [5.74, 6) is -0.220. The van der Waals surface area contributed by atoms with E-state index in [1.165, 1.54) is 0 Å². The van der Waals surface area contributed by atoms with Crippen molar-refractivity contribution >= 4 is 23.2 Å². The van der Waals surface area contributed by atoms with Gasteiger partial charge in [-0.15, -0.1) is 0 Å². The number of rotatable bonds is 1.